The number of hydrogen-bond acceptors (Lipinski definition) is 5. The first-order chi connectivity index (χ1) is 20.4. The Bertz CT molecular complexity index is 1470. The van der Waals surface area contributed by atoms with Gasteiger partial charge in [0.15, 0.2) is 5.78 Å². The Balaban J connectivity index is 1.23. The smallest absolute Gasteiger partial charge is 0.326 e. The molecule has 7 nitrogen and oxygen atoms in total. The molecule has 0 aliphatic carbocycles. The molecular weight excluding hydrogens is 535 g/mol. The third-order valence-electron chi connectivity index (χ3n) is 6.66. The molecule has 4 aromatic carbocycles. The molecule has 0 unspecified atom stereocenters. The summed E-state index contributed by atoms with van der Waals surface area (Å²) in [6.07, 6.45) is 1.70. The Morgan fingerprint density at radius 1 is 0.810 bits per heavy atom. The number of rotatable bonds is 15. The second-order valence-corrected chi connectivity index (χ2v) is 9.80. The average Bonchev–Trinajstić information content (AvgIpc) is 3.01. The van der Waals surface area contributed by atoms with E-state index in [4.69, 9.17) is 4.74 Å². The van der Waals surface area contributed by atoms with Crippen molar-refractivity contribution in [3.8, 4) is 5.75 Å². The normalized spacial score (nSPS) is 11.4. The van der Waals surface area contributed by atoms with Crippen LogP contribution in [0.15, 0.2) is 103 Å². The fraction of sp³-hybridized carbons (Fsp3) is 0.206. The Kier molecular flexibility index (Phi) is 10.8. The van der Waals surface area contributed by atoms with E-state index in [1.807, 2.05) is 18.2 Å². The lowest BCUT2D eigenvalue weighted by molar-refractivity contribution is -0.137. The van der Waals surface area contributed by atoms with E-state index in [-0.39, 0.29) is 23.9 Å². The molecule has 0 aliphatic rings. The first-order valence-electron chi connectivity index (χ1n) is 13.8. The second-order valence-electron chi connectivity index (χ2n) is 9.80. The van der Waals surface area contributed by atoms with E-state index in [9.17, 15) is 23.9 Å². The molecule has 0 bridgehead atoms. The lowest BCUT2D eigenvalue weighted by atomic mass is 10.00. The summed E-state index contributed by atoms with van der Waals surface area (Å²) in [5.41, 5.74) is 3.09. The summed E-state index contributed by atoms with van der Waals surface area (Å²) in [7, 11) is 0. The molecule has 8 heteroatoms. The summed E-state index contributed by atoms with van der Waals surface area (Å²) < 4.78 is 18.7. The highest BCUT2D eigenvalue weighted by molar-refractivity contribution is 6.12. The molecule has 4 rings (SSSR count). The summed E-state index contributed by atoms with van der Waals surface area (Å²) in [6.45, 7) is 0.879. The van der Waals surface area contributed by atoms with Crippen molar-refractivity contribution < 1.29 is 28.6 Å². The standard InChI is InChI=1S/C34H33FN2O5/c35-27-16-11-24(12-17-27)15-20-32(38)36-21-6-22-42-28-18-13-25(14-19-28)23-31(34(40)41)37-30-10-5-4-9-29(30)33(39)26-7-2-1-3-8-26/h1-5,7-14,16-19,31,37H,6,15,20-23H2,(H,36,38)(H,40,41)/t31-/m0/s1. The number of amides is 1. The predicted octanol–water partition coefficient (Wildman–Crippen LogP) is 5.68. The van der Waals surface area contributed by atoms with Gasteiger partial charge in [0, 0.05) is 36.2 Å². The number of ether oxygens (including phenoxy) is 1. The maximum absolute atomic E-state index is 13.0. The van der Waals surface area contributed by atoms with Gasteiger partial charge >= 0.3 is 5.97 Å². The number of halogens is 1. The molecule has 0 fully saturated rings. The molecule has 0 heterocycles. The second kappa shape index (κ2) is 15.1. The van der Waals surface area contributed by atoms with Crippen LogP contribution in [0.3, 0.4) is 0 Å². The van der Waals surface area contributed by atoms with Crippen molar-refractivity contribution in [2.45, 2.75) is 31.7 Å². The molecular formula is C34H33FN2O5. The number of carbonyl (C=O) groups excluding carboxylic acids is 2. The first kappa shape index (κ1) is 30.0. The minimum absolute atomic E-state index is 0.0719. The molecule has 4 aromatic rings. The average molecular weight is 569 g/mol. The minimum Gasteiger partial charge on any atom is -0.494 e. The maximum atomic E-state index is 13.0. The Hall–Kier alpha value is -4.98. The highest BCUT2D eigenvalue weighted by atomic mass is 19.1. The van der Waals surface area contributed by atoms with Gasteiger partial charge in [-0.15, -0.1) is 0 Å². The van der Waals surface area contributed by atoms with Crippen LogP contribution in [0.2, 0.25) is 0 Å². The lowest BCUT2D eigenvalue weighted by Gasteiger charge is -2.18. The number of anilines is 1. The number of aryl methyl sites for hydroxylation is 1. The van der Waals surface area contributed by atoms with Crippen LogP contribution in [0, 0.1) is 5.82 Å². The van der Waals surface area contributed by atoms with Gasteiger partial charge in [0.25, 0.3) is 0 Å². The highest BCUT2D eigenvalue weighted by Crippen LogP contribution is 2.22. The monoisotopic (exact) mass is 568 g/mol. The number of carbonyl (C=O) groups is 3. The van der Waals surface area contributed by atoms with E-state index in [1.165, 1.54) is 12.1 Å². The summed E-state index contributed by atoms with van der Waals surface area (Å²) in [5.74, 6) is -0.947. The van der Waals surface area contributed by atoms with Crippen molar-refractivity contribution in [3.05, 3.63) is 131 Å². The van der Waals surface area contributed by atoms with Crippen LogP contribution in [0.25, 0.3) is 0 Å². The molecule has 216 valence electrons. The Morgan fingerprint density at radius 2 is 1.48 bits per heavy atom. The SMILES string of the molecule is O=C(CCc1ccc(F)cc1)NCCCOc1ccc(C[C@H](Nc2ccccc2C(=O)c2ccccc2)C(=O)O)cc1. The number of hydrogen-bond donors (Lipinski definition) is 3. The highest BCUT2D eigenvalue weighted by Gasteiger charge is 2.21. The fourth-order valence-electron chi connectivity index (χ4n) is 4.38. The molecule has 0 spiro atoms. The number of ketones is 1. The summed E-state index contributed by atoms with van der Waals surface area (Å²) in [5, 5.41) is 15.8. The van der Waals surface area contributed by atoms with Gasteiger partial charge in [-0.1, -0.05) is 66.7 Å². The van der Waals surface area contributed by atoms with E-state index in [2.05, 4.69) is 10.6 Å². The molecule has 0 radical (unpaired) electrons. The number of para-hydroxylation sites is 1. The van der Waals surface area contributed by atoms with Crippen LogP contribution in [0.5, 0.6) is 5.75 Å². The molecule has 1 amide bonds. The zero-order valence-electron chi connectivity index (χ0n) is 23.1. The summed E-state index contributed by atoms with van der Waals surface area (Å²) in [6, 6.07) is 28.1. The van der Waals surface area contributed by atoms with E-state index in [1.54, 1.807) is 72.8 Å². The number of carboxylic acids is 1. The first-order valence-corrected chi connectivity index (χ1v) is 13.8. The third kappa shape index (κ3) is 9.02. The van der Waals surface area contributed by atoms with Crippen LogP contribution in [-0.4, -0.2) is 42.0 Å². The fourth-order valence-corrected chi connectivity index (χ4v) is 4.38. The van der Waals surface area contributed by atoms with Crippen molar-refractivity contribution in [1.29, 1.82) is 0 Å². The van der Waals surface area contributed by atoms with Crippen molar-refractivity contribution in [2.24, 2.45) is 0 Å². The van der Waals surface area contributed by atoms with E-state index < -0.39 is 12.0 Å². The van der Waals surface area contributed by atoms with Gasteiger partial charge in [0.05, 0.1) is 6.61 Å². The van der Waals surface area contributed by atoms with E-state index in [0.717, 1.165) is 11.1 Å². The van der Waals surface area contributed by atoms with Crippen molar-refractivity contribution in [3.63, 3.8) is 0 Å². The molecule has 0 saturated heterocycles. The van der Waals surface area contributed by atoms with E-state index >= 15 is 0 Å². The lowest BCUT2D eigenvalue weighted by Crippen LogP contribution is -2.32. The largest absolute Gasteiger partial charge is 0.494 e. The Labute approximate surface area is 244 Å². The van der Waals surface area contributed by atoms with Crippen LogP contribution in [0.4, 0.5) is 10.1 Å². The molecule has 42 heavy (non-hydrogen) atoms. The van der Waals surface area contributed by atoms with Gasteiger partial charge in [-0.05, 0) is 60.4 Å². The van der Waals surface area contributed by atoms with Crippen molar-refractivity contribution >= 4 is 23.3 Å². The quantitative estimate of drug-likeness (QED) is 0.126. The van der Waals surface area contributed by atoms with Gasteiger partial charge in [-0.25, -0.2) is 9.18 Å². The van der Waals surface area contributed by atoms with Crippen molar-refractivity contribution in [1.82, 2.24) is 5.32 Å². The molecule has 3 N–H and O–H groups in total. The van der Waals surface area contributed by atoms with Gasteiger partial charge in [0.1, 0.15) is 17.6 Å². The topological polar surface area (TPSA) is 105 Å². The third-order valence-corrected chi connectivity index (χ3v) is 6.66. The van der Waals surface area contributed by atoms with Gasteiger partial charge in [-0.3, -0.25) is 9.59 Å². The molecule has 1 atom stereocenters. The number of aliphatic carboxylic acids is 1. The molecule has 0 saturated carbocycles. The molecule has 0 aliphatic heterocycles. The number of benzene rings is 4. The van der Waals surface area contributed by atoms with Gasteiger partial charge in [-0.2, -0.15) is 0 Å². The van der Waals surface area contributed by atoms with Gasteiger partial charge < -0.3 is 20.5 Å². The minimum atomic E-state index is -1.03. The summed E-state index contributed by atoms with van der Waals surface area (Å²) in [4.78, 5) is 37.2. The number of carboxylic acid groups (broad SMARTS) is 1. The maximum Gasteiger partial charge on any atom is 0.326 e. The van der Waals surface area contributed by atoms with Crippen molar-refractivity contribution in [2.75, 3.05) is 18.5 Å². The van der Waals surface area contributed by atoms with E-state index in [0.29, 0.717) is 55.0 Å². The van der Waals surface area contributed by atoms with Gasteiger partial charge in [0.2, 0.25) is 5.91 Å². The Morgan fingerprint density at radius 3 is 2.19 bits per heavy atom. The molecule has 0 aromatic heterocycles. The van der Waals surface area contributed by atoms with Crippen LogP contribution >= 0.6 is 0 Å². The summed E-state index contributed by atoms with van der Waals surface area (Å²) >= 11 is 0. The van der Waals surface area contributed by atoms with Crippen LogP contribution in [0.1, 0.15) is 39.9 Å². The van der Waals surface area contributed by atoms with Crippen LogP contribution in [-0.2, 0) is 22.4 Å². The zero-order valence-corrected chi connectivity index (χ0v) is 23.1. The number of nitrogens with one attached hydrogen (secondary N) is 2. The zero-order chi connectivity index (χ0) is 29.7. The van der Waals surface area contributed by atoms with Crippen LogP contribution < -0.4 is 15.4 Å². The predicted molar refractivity (Wildman–Crippen MR) is 159 cm³/mol.